The molecule has 2 rings (SSSR count). The summed E-state index contributed by atoms with van der Waals surface area (Å²) in [7, 11) is 0. The summed E-state index contributed by atoms with van der Waals surface area (Å²) in [6.45, 7) is 2.05. The Hall–Kier alpha value is -1.59. The smallest absolute Gasteiger partial charge is 0.227 e. The number of amides is 1. The summed E-state index contributed by atoms with van der Waals surface area (Å²) >= 11 is 0. The van der Waals surface area contributed by atoms with Crippen LogP contribution < -0.4 is 10.2 Å². The Morgan fingerprint density at radius 3 is 2.95 bits per heavy atom. The first kappa shape index (κ1) is 13.8. The Balaban J connectivity index is 2.08. The van der Waals surface area contributed by atoms with E-state index in [-0.39, 0.29) is 25.1 Å². The third kappa shape index (κ3) is 3.24. The summed E-state index contributed by atoms with van der Waals surface area (Å²) in [6, 6.07) is 7.78. The minimum absolute atomic E-state index is 0.153. The molecule has 1 aliphatic heterocycles. The molecule has 1 saturated heterocycles. The number of anilines is 2. The molecule has 0 bridgehead atoms. The van der Waals surface area contributed by atoms with Crippen molar-refractivity contribution in [1.29, 1.82) is 0 Å². The van der Waals surface area contributed by atoms with Gasteiger partial charge in [0.05, 0.1) is 12.7 Å². The summed E-state index contributed by atoms with van der Waals surface area (Å²) in [4.78, 5) is 13.7. The molecule has 1 aliphatic rings. The van der Waals surface area contributed by atoms with Crippen molar-refractivity contribution in [3.63, 3.8) is 0 Å². The van der Waals surface area contributed by atoms with Crippen molar-refractivity contribution in [2.75, 3.05) is 23.4 Å². The van der Waals surface area contributed by atoms with Gasteiger partial charge in [-0.15, -0.1) is 0 Å². The molecule has 0 spiro atoms. The zero-order chi connectivity index (χ0) is 13.8. The Labute approximate surface area is 112 Å². The highest BCUT2D eigenvalue weighted by Gasteiger charge is 2.28. The van der Waals surface area contributed by atoms with E-state index in [0.29, 0.717) is 6.42 Å². The number of hydrogen-bond acceptors (Lipinski definition) is 4. The highest BCUT2D eigenvalue weighted by Crippen LogP contribution is 2.28. The Morgan fingerprint density at radius 1 is 1.53 bits per heavy atom. The lowest BCUT2D eigenvalue weighted by Crippen LogP contribution is -2.30. The lowest BCUT2D eigenvalue weighted by molar-refractivity contribution is -0.117. The molecule has 5 nitrogen and oxygen atoms in total. The summed E-state index contributed by atoms with van der Waals surface area (Å²) < 4.78 is 0. The van der Waals surface area contributed by atoms with Gasteiger partial charge in [-0.3, -0.25) is 4.79 Å². The molecule has 0 aromatic heterocycles. The average Bonchev–Trinajstić information content (AvgIpc) is 2.75. The van der Waals surface area contributed by atoms with Gasteiger partial charge >= 0.3 is 0 Å². The van der Waals surface area contributed by atoms with E-state index in [1.807, 2.05) is 36.1 Å². The normalized spacial score (nSPS) is 20.7. The number of carbonyl (C=O) groups excluding carboxylic acids is 1. The SMILES string of the molecule is CC1CCC(=O)N1c1cccc(NCC(O)CO)c1. The second-order valence-corrected chi connectivity index (χ2v) is 4.92. The largest absolute Gasteiger partial charge is 0.394 e. The minimum atomic E-state index is -0.781. The van der Waals surface area contributed by atoms with Crippen LogP contribution in [0.3, 0.4) is 0 Å². The third-order valence-electron chi connectivity index (χ3n) is 3.36. The number of aliphatic hydroxyl groups excluding tert-OH is 2. The maximum absolute atomic E-state index is 11.8. The van der Waals surface area contributed by atoms with Crippen molar-refractivity contribution >= 4 is 17.3 Å². The van der Waals surface area contributed by atoms with E-state index in [2.05, 4.69) is 5.32 Å². The zero-order valence-corrected chi connectivity index (χ0v) is 11.0. The van der Waals surface area contributed by atoms with Crippen LogP contribution >= 0.6 is 0 Å². The molecule has 104 valence electrons. The lowest BCUT2D eigenvalue weighted by Gasteiger charge is -2.22. The van der Waals surface area contributed by atoms with Gasteiger partial charge in [0.2, 0.25) is 5.91 Å². The van der Waals surface area contributed by atoms with Crippen LogP contribution in [0.2, 0.25) is 0 Å². The van der Waals surface area contributed by atoms with Gasteiger partial charge in [-0.05, 0) is 31.5 Å². The van der Waals surface area contributed by atoms with Crippen LogP contribution in [-0.4, -0.2) is 41.4 Å². The van der Waals surface area contributed by atoms with Crippen molar-refractivity contribution in [2.24, 2.45) is 0 Å². The van der Waals surface area contributed by atoms with Gasteiger partial charge in [0.1, 0.15) is 0 Å². The fourth-order valence-corrected chi connectivity index (χ4v) is 2.29. The Morgan fingerprint density at radius 2 is 2.32 bits per heavy atom. The molecule has 2 atom stereocenters. The highest BCUT2D eigenvalue weighted by atomic mass is 16.3. The topological polar surface area (TPSA) is 72.8 Å². The summed E-state index contributed by atoms with van der Waals surface area (Å²) in [5, 5.41) is 21.1. The Kier molecular flexibility index (Phi) is 4.39. The van der Waals surface area contributed by atoms with Gasteiger partial charge in [0.25, 0.3) is 0 Å². The van der Waals surface area contributed by atoms with Crippen LogP contribution in [0.5, 0.6) is 0 Å². The zero-order valence-electron chi connectivity index (χ0n) is 11.0. The lowest BCUT2D eigenvalue weighted by atomic mass is 10.2. The van der Waals surface area contributed by atoms with E-state index < -0.39 is 6.10 Å². The van der Waals surface area contributed by atoms with E-state index in [1.54, 1.807) is 0 Å². The van der Waals surface area contributed by atoms with Crippen molar-refractivity contribution in [1.82, 2.24) is 0 Å². The van der Waals surface area contributed by atoms with E-state index in [0.717, 1.165) is 17.8 Å². The molecule has 1 fully saturated rings. The number of nitrogens with zero attached hydrogens (tertiary/aromatic N) is 1. The summed E-state index contributed by atoms with van der Waals surface area (Å²) in [5.74, 6) is 0.153. The van der Waals surface area contributed by atoms with Gasteiger partial charge in [0, 0.05) is 30.4 Å². The van der Waals surface area contributed by atoms with Crippen molar-refractivity contribution in [2.45, 2.75) is 31.9 Å². The van der Waals surface area contributed by atoms with Crippen LogP contribution in [0.25, 0.3) is 0 Å². The fraction of sp³-hybridized carbons (Fsp3) is 0.500. The molecular weight excluding hydrogens is 244 g/mol. The fourth-order valence-electron chi connectivity index (χ4n) is 2.29. The van der Waals surface area contributed by atoms with Gasteiger partial charge in [0.15, 0.2) is 0 Å². The van der Waals surface area contributed by atoms with Gasteiger partial charge in [-0.1, -0.05) is 6.07 Å². The molecule has 0 aliphatic carbocycles. The van der Waals surface area contributed by atoms with Crippen LogP contribution in [0.1, 0.15) is 19.8 Å². The van der Waals surface area contributed by atoms with Crippen molar-refractivity contribution in [3.05, 3.63) is 24.3 Å². The monoisotopic (exact) mass is 264 g/mol. The number of rotatable bonds is 5. The van der Waals surface area contributed by atoms with Crippen molar-refractivity contribution < 1.29 is 15.0 Å². The van der Waals surface area contributed by atoms with Gasteiger partial charge in [-0.25, -0.2) is 0 Å². The van der Waals surface area contributed by atoms with Crippen LogP contribution in [0.15, 0.2) is 24.3 Å². The predicted molar refractivity (Wildman–Crippen MR) is 74.2 cm³/mol. The van der Waals surface area contributed by atoms with Gasteiger partial charge < -0.3 is 20.4 Å². The van der Waals surface area contributed by atoms with Crippen LogP contribution in [0.4, 0.5) is 11.4 Å². The maximum Gasteiger partial charge on any atom is 0.227 e. The first-order valence-corrected chi connectivity index (χ1v) is 6.56. The molecule has 2 unspecified atom stereocenters. The number of benzene rings is 1. The summed E-state index contributed by atoms with van der Waals surface area (Å²) in [6.07, 6.45) is 0.706. The number of nitrogens with one attached hydrogen (secondary N) is 1. The third-order valence-corrected chi connectivity index (χ3v) is 3.36. The van der Waals surface area contributed by atoms with E-state index >= 15 is 0 Å². The second-order valence-electron chi connectivity index (χ2n) is 4.92. The second kappa shape index (κ2) is 6.04. The molecular formula is C14H20N2O3. The minimum Gasteiger partial charge on any atom is -0.394 e. The Bertz CT molecular complexity index is 450. The number of carbonyl (C=O) groups is 1. The quantitative estimate of drug-likeness (QED) is 0.741. The summed E-state index contributed by atoms with van der Waals surface area (Å²) in [5.41, 5.74) is 1.70. The van der Waals surface area contributed by atoms with E-state index in [1.165, 1.54) is 0 Å². The first-order valence-electron chi connectivity index (χ1n) is 6.56. The maximum atomic E-state index is 11.8. The molecule has 0 radical (unpaired) electrons. The number of aliphatic hydroxyl groups is 2. The predicted octanol–water partition coefficient (Wildman–Crippen LogP) is 0.967. The number of hydrogen-bond donors (Lipinski definition) is 3. The molecule has 1 heterocycles. The van der Waals surface area contributed by atoms with E-state index in [4.69, 9.17) is 5.11 Å². The van der Waals surface area contributed by atoms with Crippen LogP contribution in [-0.2, 0) is 4.79 Å². The molecule has 1 aromatic rings. The molecule has 1 aromatic carbocycles. The average molecular weight is 264 g/mol. The molecule has 19 heavy (non-hydrogen) atoms. The highest BCUT2D eigenvalue weighted by molar-refractivity contribution is 5.96. The van der Waals surface area contributed by atoms with E-state index in [9.17, 15) is 9.90 Å². The molecule has 5 heteroatoms. The van der Waals surface area contributed by atoms with Crippen LogP contribution in [0, 0.1) is 0 Å². The molecule has 1 amide bonds. The van der Waals surface area contributed by atoms with Crippen molar-refractivity contribution in [3.8, 4) is 0 Å². The first-order chi connectivity index (χ1) is 9.11. The molecule has 0 saturated carbocycles. The standard InChI is InChI=1S/C14H20N2O3/c1-10-5-6-14(19)16(10)12-4-2-3-11(7-12)15-8-13(18)9-17/h2-4,7,10,13,15,17-18H,5-6,8-9H2,1H3. The van der Waals surface area contributed by atoms with Gasteiger partial charge in [-0.2, -0.15) is 0 Å². The molecule has 3 N–H and O–H groups in total.